The topological polar surface area (TPSA) is 37.3 Å². The average Bonchev–Trinajstić information content (AvgIpc) is 2.24. The number of carboxylic acid groups (broad SMARTS) is 1. The van der Waals surface area contributed by atoms with Gasteiger partial charge in [-0.2, -0.15) is 0 Å². The van der Waals surface area contributed by atoms with Gasteiger partial charge in [0.25, 0.3) is 0 Å². The van der Waals surface area contributed by atoms with E-state index in [0.29, 0.717) is 16.2 Å². The van der Waals surface area contributed by atoms with Crippen molar-refractivity contribution in [3.8, 4) is 0 Å². The molecular formula is C8H5FO2S. The third-order valence-electron chi connectivity index (χ3n) is 1.75. The van der Waals surface area contributed by atoms with Crippen molar-refractivity contribution in [1.29, 1.82) is 0 Å². The quantitative estimate of drug-likeness (QED) is 0.726. The van der Waals surface area contributed by atoms with Crippen LogP contribution in [-0.4, -0.2) is 11.1 Å². The van der Waals surface area contributed by atoms with E-state index in [-0.39, 0.29) is 11.4 Å². The van der Waals surface area contributed by atoms with Crippen LogP contribution in [-0.2, 0) is 5.75 Å². The number of carbonyl (C=O) groups is 1. The molecule has 4 heteroatoms. The highest BCUT2D eigenvalue weighted by Crippen LogP contribution is 2.37. The van der Waals surface area contributed by atoms with E-state index in [1.165, 1.54) is 23.9 Å². The van der Waals surface area contributed by atoms with Gasteiger partial charge in [0.15, 0.2) is 0 Å². The molecule has 1 heterocycles. The second kappa shape index (κ2) is 2.48. The first kappa shape index (κ1) is 7.61. The monoisotopic (exact) mass is 184 g/mol. The molecule has 0 unspecified atom stereocenters. The first-order valence-electron chi connectivity index (χ1n) is 3.37. The van der Waals surface area contributed by atoms with Crippen LogP contribution >= 0.6 is 11.8 Å². The smallest absolute Gasteiger partial charge is 0.337 e. The fourth-order valence-electron chi connectivity index (χ4n) is 1.26. The van der Waals surface area contributed by atoms with Gasteiger partial charge in [-0.15, -0.1) is 11.8 Å². The van der Waals surface area contributed by atoms with Crippen LogP contribution in [0.25, 0.3) is 0 Å². The van der Waals surface area contributed by atoms with Crippen LogP contribution in [0.15, 0.2) is 17.0 Å². The Labute approximate surface area is 72.4 Å². The van der Waals surface area contributed by atoms with Crippen molar-refractivity contribution < 1.29 is 14.3 Å². The van der Waals surface area contributed by atoms with Crippen molar-refractivity contribution in [2.45, 2.75) is 10.6 Å². The molecule has 12 heavy (non-hydrogen) atoms. The van der Waals surface area contributed by atoms with Crippen molar-refractivity contribution in [3.05, 3.63) is 29.1 Å². The third kappa shape index (κ3) is 0.992. The van der Waals surface area contributed by atoms with Gasteiger partial charge in [-0.3, -0.25) is 0 Å². The molecule has 0 aliphatic carbocycles. The van der Waals surface area contributed by atoms with Crippen LogP contribution in [0.3, 0.4) is 0 Å². The Hall–Kier alpha value is -1.03. The number of rotatable bonds is 1. The summed E-state index contributed by atoms with van der Waals surface area (Å²) in [6, 6.07) is 2.55. The second-order valence-electron chi connectivity index (χ2n) is 2.53. The van der Waals surface area contributed by atoms with Crippen LogP contribution < -0.4 is 0 Å². The highest BCUT2D eigenvalue weighted by molar-refractivity contribution is 7.99. The molecule has 1 aliphatic heterocycles. The number of hydrogen-bond donors (Lipinski definition) is 1. The van der Waals surface area contributed by atoms with E-state index in [4.69, 9.17) is 5.11 Å². The van der Waals surface area contributed by atoms with Crippen molar-refractivity contribution >= 4 is 17.7 Å². The number of hydrogen-bond acceptors (Lipinski definition) is 2. The van der Waals surface area contributed by atoms with Gasteiger partial charge in [0, 0.05) is 10.6 Å². The summed E-state index contributed by atoms with van der Waals surface area (Å²) >= 11 is 1.37. The Bertz CT molecular complexity index is 337. The molecule has 0 aromatic heterocycles. The minimum absolute atomic E-state index is 0.265. The van der Waals surface area contributed by atoms with Gasteiger partial charge in [-0.25, -0.2) is 9.18 Å². The summed E-state index contributed by atoms with van der Waals surface area (Å²) in [5.74, 6) is -0.749. The van der Waals surface area contributed by atoms with E-state index in [9.17, 15) is 9.18 Å². The van der Waals surface area contributed by atoms with Gasteiger partial charge < -0.3 is 5.11 Å². The minimum atomic E-state index is -0.968. The lowest BCUT2D eigenvalue weighted by atomic mass is 10.1. The van der Waals surface area contributed by atoms with Crippen molar-refractivity contribution in [3.63, 3.8) is 0 Å². The van der Waals surface area contributed by atoms with Crippen molar-refractivity contribution in [1.82, 2.24) is 0 Å². The van der Waals surface area contributed by atoms with Crippen LogP contribution in [0, 0.1) is 5.82 Å². The van der Waals surface area contributed by atoms with E-state index >= 15 is 0 Å². The van der Waals surface area contributed by atoms with Gasteiger partial charge >= 0.3 is 5.97 Å². The third-order valence-corrected chi connectivity index (χ3v) is 2.83. The molecule has 0 amide bonds. The fraction of sp³-hybridized carbons (Fsp3) is 0.125. The van der Waals surface area contributed by atoms with Crippen molar-refractivity contribution in [2.75, 3.05) is 0 Å². The Kier molecular flexibility index (Phi) is 1.58. The highest BCUT2D eigenvalue weighted by atomic mass is 32.2. The lowest BCUT2D eigenvalue weighted by Crippen LogP contribution is -1.99. The molecule has 2 nitrogen and oxygen atoms in total. The van der Waals surface area contributed by atoms with Crippen LogP contribution in [0.1, 0.15) is 15.9 Å². The molecule has 62 valence electrons. The van der Waals surface area contributed by atoms with E-state index < -0.39 is 5.97 Å². The number of halogens is 1. The predicted molar refractivity (Wildman–Crippen MR) is 42.9 cm³/mol. The molecule has 1 aromatic carbocycles. The van der Waals surface area contributed by atoms with Crippen molar-refractivity contribution in [2.24, 2.45) is 0 Å². The molecule has 0 spiro atoms. The Morgan fingerprint density at radius 1 is 1.58 bits per heavy atom. The molecule has 0 fully saturated rings. The average molecular weight is 184 g/mol. The number of aromatic carboxylic acids is 1. The molecule has 1 aromatic rings. The molecule has 0 atom stereocenters. The Morgan fingerprint density at radius 3 is 2.92 bits per heavy atom. The first-order chi connectivity index (χ1) is 5.68. The number of fused-ring (bicyclic) bond motifs is 2. The van der Waals surface area contributed by atoms with Crippen LogP contribution in [0.2, 0.25) is 0 Å². The zero-order valence-electron chi connectivity index (χ0n) is 6.00. The molecule has 2 rings (SSSR count). The largest absolute Gasteiger partial charge is 0.478 e. The van der Waals surface area contributed by atoms with Crippen LogP contribution in [0.4, 0.5) is 4.39 Å². The van der Waals surface area contributed by atoms with E-state index in [2.05, 4.69) is 0 Å². The Morgan fingerprint density at radius 2 is 2.33 bits per heavy atom. The number of thioether (sulfide) groups is 1. The summed E-state index contributed by atoms with van der Waals surface area (Å²) < 4.78 is 12.7. The number of carboxylic acids is 1. The lowest BCUT2D eigenvalue weighted by Gasteiger charge is -1.97. The maximum Gasteiger partial charge on any atom is 0.337 e. The second-order valence-corrected chi connectivity index (χ2v) is 3.55. The number of benzene rings is 1. The summed E-state index contributed by atoms with van der Waals surface area (Å²) in [4.78, 5) is 11.2. The summed E-state index contributed by atoms with van der Waals surface area (Å²) in [6.07, 6.45) is 0. The van der Waals surface area contributed by atoms with E-state index in [1.54, 1.807) is 0 Å². The zero-order chi connectivity index (χ0) is 8.72. The summed E-state index contributed by atoms with van der Waals surface area (Å²) in [6.45, 7) is 0. The van der Waals surface area contributed by atoms with Gasteiger partial charge in [0.1, 0.15) is 5.82 Å². The maximum atomic E-state index is 12.7. The fourth-order valence-corrected chi connectivity index (χ4v) is 2.36. The predicted octanol–water partition coefficient (Wildman–Crippen LogP) is 2.13. The zero-order valence-corrected chi connectivity index (χ0v) is 6.82. The SMILES string of the molecule is O=C(O)c1c2cc(F)cc1SC2. The molecule has 1 N–H and O–H groups in total. The lowest BCUT2D eigenvalue weighted by molar-refractivity contribution is 0.0692. The molecule has 2 bridgehead atoms. The molecule has 1 aliphatic rings. The Balaban J connectivity index is 2.65. The minimum Gasteiger partial charge on any atom is -0.478 e. The summed E-state index contributed by atoms with van der Waals surface area (Å²) in [5.41, 5.74) is 0.851. The normalized spacial score (nSPS) is 13.4. The molecule has 0 radical (unpaired) electrons. The van der Waals surface area contributed by atoms with Gasteiger partial charge in [0.05, 0.1) is 5.56 Å². The van der Waals surface area contributed by atoms with Gasteiger partial charge in [-0.05, 0) is 17.7 Å². The van der Waals surface area contributed by atoms with Gasteiger partial charge in [0.2, 0.25) is 0 Å². The summed E-state index contributed by atoms with van der Waals surface area (Å²) in [5, 5.41) is 8.74. The standard InChI is InChI=1S/C8H5FO2S/c9-5-1-4-3-12-6(2-5)7(4)8(10)11/h1-2H,3H2,(H,10,11). The van der Waals surface area contributed by atoms with E-state index in [0.717, 1.165) is 0 Å². The van der Waals surface area contributed by atoms with E-state index in [1.807, 2.05) is 0 Å². The molecule has 0 saturated heterocycles. The summed E-state index contributed by atoms with van der Waals surface area (Å²) in [7, 11) is 0. The first-order valence-corrected chi connectivity index (χ1v) is 4.35. The van der Waals surface area contributed by atoms with Gasteiger partial charge in [-0.1, -0.05) is 0 Å². The molecular weight excluding hydrogens is 179 g/mol. The maximum absolute atomic E-state index is 12.7. The molecule has 0 saturated carbocycles. The highest BCUT2D eigenvalue weighted by Gasteiger charge is 2.23. The van der Waals surface area contributed by atoms with Crippen LogP contribution in [0.5, 0.6) is 0 Å².